The molecule has 1 atom stereocenters. The zero-order valence-electron chi connectivity index (χ0n) is 21.8. The molecule has 5 aromatic rings. The number of hydrogen-bond acceptors (Lipinski definition) is 3. The summed E-state index contributed by atoms with van der Waals surface area (Å²) in [5.41, 5.74) is 7.27. The second kappa shape index (κ2) is 10.1. The Morgan fingerprint density at radius 3 is 2.35 bits per heavy atom. The van der Waals surface area contributed by atoms with E-state index in [-0.39, 0.29) is 23.9 Å². The predicted molar refractivity (Wildman–Crippen MR) is 149 cm³/mol. The van der Waals surface area contributed by atoms with Crippen LogP contribution in [0.15, 0.2) is 77.7 Å². The van der Waals surface area contributed by atoms with E-state index in [4.69, 9.17) is 0 Å². The van der Waals surface area contributed by atoms with Crippen LogP contribution in [-0.2, 0) is 17.9 Å². The number of aromatic nitrogens is 3. The third kappa shape index (κ3) is 4.79. The zero-order valence-corrected chi connectivity index (χ0v) is 21.8. The number of carbonyl (C=O) groups excluding carboxylic acids is 1. The molecule has 0 aliphatic carbocycles. The molecule has 6 nitrogen and oxygen atoms in total. The van der Waals surface area contributed by atoms with E-state index < -0.39 is 0 Å². The summed E-state index contributed by atoms with van der Waals surface area (Å²) in [6, 6.07) is 22.4. The van der Waals surface area contributed by atoms with Gasteiger partial charge in [0.15, 0.2) is 0 Å². The van der Waals surface area contributed by atoms with Gasteiger partial charge in [0.05, 0.1) is 6.20 Å². The maximum atomic E-state index is 13.7. The van der Waals surface area contributed by atoms with Gasteiger partial charge in [-0.05, 0) is 55.0 Å². The van der Waals surface area contributed by atoms with Crippen molar-refractivity contribution in [2.75, 3.05) is 6.54 Å². The van der Waals surface area contributed by atoms with Gasteiger partial charge in [-0.3, -0.25) is 9.59 Å². The number of rotatable bonds is 7. The molecule has 0 unspecified atom stereocenters. The van der Waals surface area contributed by atoms with Gasteiger partial charge < -0.3 is 9.88 Å². The second-order valence-corrected chi connectivity index (χ2v) is 9.97. The Hall–Kier alpha value is -4.19. The molecule has 0 radical (unpaired) electrons. The monoisotopic (exact) mass is 492 g/mol. The van der Waals surface area contributed by atoms with E-state index in [1.165, 1.54) is 26.9 Å². The third-order valence-corrected chi connectivity index (χ3v) is 7.20. The molecule has 37 heavy (non-hydrogen) atoms. The highest BCUT2D eigenvalue weighted by Gasteiger charge is 2.18. The van der Waals surface area contributed by atoms with Crippen molar-refractivity contribution in [3.05, 3.63) is 111 Å². The van der Waals surface area contributed by atoms with Crippen LogP contribution in [0.5, 0.6) is 0 Å². The van der Waals surface area contributed by atoms with Gasteiger partial charge in [0, 0.05) is 29.4 Å². The Morgan fingerprint density at radius 2 is 1.62 bits per heavy atom. The smallest absolute Gasteiger partial charge is 0.291 e. The van der Waals surface area contributed by atoms with Crippen molar-refractivity contribution in [2.45, 2.75) is 46.7 Å². The molecule has 188 valence electrons. The highest BCUT2D eigenvalue weighted by Crippen LogP contribution is 2.28. The van der Waals surface area contributed by atoms with Gasteiger partial charge in [-0.1, -0.05) is 73.2 Å². The SMILES string of the molecule is Cc1cc(C)c(Cn2c3ccccc3c3cnn(CC(=O)NC[C@@H](C)c4ccccc4)c(=O)c32)c(C)c1. The fourth-order valence-corrected chi connectivity index (χ4v) is 5.25. The first-order chi connectivity index (χ1) is 17.8. The maximum Gasteiger partial charge on any atom is 0.291 e. The maximum absolute atomic E-state index is 13.7. The predicted octanol–water partition coefficient (Wildman–Crippen LogP) is 5.24. The van der Waals surface area contributed by atoms with Gasteiger partial charge in [-0.2, -0.15) is 5.10 Å². The number of aryl methyl sites for hydroxylation is 3. The average molecular weight is 493 g/mol. The first kappa shape index (κ1) is 24.5. The molecule has 6 heteroatoms. The van der Waals surface area contributed by atoms with E-state index in [1.54, 1.807) is 6.20 Å². The molecule has 0 aliphatic heterocycles. The van der Waals surface area contributed by atoms with Gasteiger partial charge in [0.25, 0.3) is 5.56 Å². The molecule has 5 rings (SSSR count). The largest absolute Gasteiger partial charge is 0.354 e. The highest BCUT2D eigenvalue weighted by atomic mass is 16.2. The minimum absolute atomic E-state index is 0.125. The molecule has 1 N–H and O–H groups in total. The van der Waals surface area contributed by atoms with Crippen molar-refractivity contribution in [3.63, 3.8) is 0 Å². The molecule has 0 bridgehead atoms. The Morgan fingerprint density at radius 1 is 0.946 bits per heavy atom. The molecule has 0 aliphatic rings. The molecular formula is C31H32N4O2. The normalized spacial score (nSPS) is 12.2. The molecule has 0 saturated heterocycles. The van der Waals surface area contributed by atoms with Gasteiger partial charge in [-0.15, -0.1) is 0 Å². The van der Waals surface area contributed by atoms with Crippen LogP contribution >= 0.6 is 0 Å². The van der Waals surface area contributed by atoms with Crippen LogP contribution in [0.25, 0.3) is 21.8 Å². The molecular weight excluding hydrogens is 460 g/mol. The van der Waals surface area contributed by atoms with Crippen LogP contribution in [0, 0.1) is 20.8 Å². The highest BCUT2D eigenvalue weighted by molar-refractivity contribution is 6.07. The number of hydrogen-bond donors (Lipinski definition) is 1. The van der Waals surface area contributed by atoms with E-state index in [1.807, 2.05) is 54.6 Å². The van der Waals surface area contributed by atoms with E-state index in [9.17, 15) is 9.59 Å². The van der Waals surface area contributed by atoms with Crippen LogP contribution in [0.2, 0.25) is 0 Å². The lowest BCUT2D eigenvalue weighted by atomic mass is 10.00. The standard InChI is InChI=1S/C31H32N4O2/c1-20-14-21(2)27(22(3)15-20)18-34-28-13-9-8-12-25(28)26-17-33-35(31(37)30(26)34)19-29(36)32-16-23(4)24-10-6-5-7-11-24/h5-15,17,23H,16,18-19H2,1-4H3,(H,32,36)/t23-/m1/s1. The fraction of sp³-hybridized carbons (Fsp3) is 0.258. The van der Waals surface area contributed by atoms with Crippen LogP contribution in [0.3, 0.4) is 0 Å². The quantitative estimate of drug-likeness (QED) is 0.338. The van der Waals surface area contributed by atoms with Crippen molar-refractivity contribution in [3.8, 4) is 0 Å². The van der Waals surface area contributed by atoms with E-state index in [0.717, 1.165) is 21.9 Å². The summed E-state index contributed by atoms with van der Waals surface area (Å²) in [6.07, 6.45) is 1.71. The van der Waals surface area contributed by atoms with Crippen molar-refractivity contribution in [1.29, 1.82) is 0 Å². The van der Waals surface area contributed by atoms with E-state index >= 15 is 0 Å². The first-order valence-electron chi connectivity index (χ1n) is 12.7. The number of nitrogens with zero attached hydrogens (tertiary/aromatic N) is 3. The number of carbonyl (C=O) groups is 1. The number of nitrogens with one attached hydrogen (secondary N) is 1. The molecule has 3 aromatic carbocycles. The lowest BCUT2D eigenvalue weighted by Crippen LogP contribution is -2.35. The zero-order chi connectivity index (χ0) is 26.1. The number of para-hydroxylation sites is 1. The Balaban J connectivity index is 1.49. The fourth-order valence-electron chi connectivity index (χ4n) is 5.25. The Bertz CT molecular complexity index is 1640. The first-order valence-corrected chi connectivity index (χ1v) is 12.7. The molecule has 2 aromatic heterocycles. The Labute approximate surface area is 216 Å². The summed E-state index contributed by atoms with van der Waals surface area (Å²) in [5.74, 6) is -0.0644. The van der Waals surface area contributed by atoms with Crippen LogP contribution < -0.4 is 10.9 Å². The van der Waals surface area contributed by atoms with Crippen molar-refractivity contribution < 1.29 is 4.79 Å². The van der Waals surface area contributed by atoms with Crippen molar-refractivity contribution >= 4 is 27.7 Å². The van der Waals surface area contributed by atoms with E-state index in [0.29, 0.717) is 18.6 Å². The molecule has 0 saturated carbocycles. The molecule has 0 fully saturated rings. The van der Waals surface area contributed by atoms with Crippen molar-refractivity contribution in [2.24, 2.45) is 0 Å². The molecule has 2 heterocycles. The number of benzene rings is 3. The van der Waals surface area contributed by atoms with E-state index in [2.05, 4.69) is 54.8 Å². The van der Waals surface area contributed by atoms with Gasteiger partial charge >= 0.3 is 0 Å². The molecule has 1 amide bonds. The second-order valence-electron chi connectivity index (χ2n) is 9.97. The Kier molecular flexibility index (Phi) is 6.66. The summed E-state index contributed by atoms with van der Waals surface area (Å²) < 4.78 is 3.35. The lowest BCUT2D eigenvalue weighted by molar-refractivity contribution is -0.121. The number of amides is 1. The van der Waals surface area contributed by atoms with Crippen LogP contribution in [0.1, 0.15) is 40.7 Å². The average Bonchev–Trinajstić information content (AvgIpc) is 3.21. The van der Waals surface area contributed by atoms with Crippen LogP contribution in [0.4, 0.5) is 0 Å². The summed E-state index contributed by atoms with van der Waals surface area (Å²) in [7, 11) is 0. The summed E-state index contributed by atoms with van der Waals surface area (Å²) in [6.45, 7) is 9.34. The summed E-state index contributed by atoms with van der Waals surface area (Å²) in [5, 5.41) is 9.13. The summed E-state index contributed by atoms with van der Waals surface area (Å²) in [4.78, 5) is 26.5. The minimum atomic E-state index is -0.262. The topological polar surface area (TPSA) is 68.9 Å². The summed E-state index contributed by atoms with van der Waals surface area (Å²) >= 11 is 0. The van der Waals surface area contributed by atoms with Crippen molar-refractivity contribution in [1.82, 2.24) is 19.7 Å². The number of fused-ring (bicyclic) bond motifs is 3. The van der Waals surface area contributed by atoms with Gasteiger partial charge in [0.1, 0.15) is 12.1 Å². The van der Waals surface area contributed by atoms with Gasteiger partial charge in [0.2, 0.25) is 5.91 Å². The molecule has 0 spiro atoms. The third-order valence-electron chi connectivity index (χ3n) is 7.20. The lowest BCUT2D eigenvalue weighted by Gasteiger charge is -2.15. The van der Waals surface area contributed by atoms with Gasteiger partial charge in [-0.25, -0.2) is 4.68 Å². The van der Waals surface area contributed by atoms with Crippen LogP contribution in [-0.4, -0.2) is 26.8 Å². The minimum Gasteiger partial charge on any atom is -0.354 e.